The van der Waals surface area contributed by atoms with Gasteiger partial charge in [-0.15, -0.1) is 0 Å². The molecule has 116 valence electrons. The van der Waals surface area contributed by atoms with Gasteiger partial charge in [0.1, 0.15) is 5.69 Å². The van der Waals surface area contributed by atoms with E-state index in [0.29, 0.717) is 18.3 Å². The minimum atomic E-state index is -0.111. The Bertz CT molecular complexity index is 462. The van der Waals surface area contributed by atoms with Crippen LogP contribution in [-0.4, -0.2) is 73.6 Å². The summed E-state index contributed by atoms with van der Waals surface area (Å²) in [5.41, 5.74) is 1.39. The van der Waals surface area contributed by atoms with Crippen LogP contribution in [0.5, 0.6) is 0 Å². The van der Waals surface area contributed by atoms with Gasteiger partial charge in [0.15, 0.2) is 0 Å². The predicted molar refractivity (Wildman–Crippen MR) is 84.6 cm³/mol. The van der Waals surface area contributed by atoms with Crippen LogP contribution in [0.2, 0.25) is 0 Å². The van der Waals surface area contributed by atoms with E-state index in [2.05, 4.69) is 39.5 Å². The Morgan fingerprint density at radius 1 is 1.38 bits per heavy atom. The second-order valence-corrected chi connectivity index (χ2v) is 5.57. The molecule has 1 aliphatic heterocycles. The molecular formula is C15H25N5O. The van der Waals surface area contributed by atoms with Crippen molar-refractivity contribution in [1.82, 2.24) is 20.1 Å². The maximum atomic E-state index is 12.1. The maximum Gasteiger partial charge on any atom is 0.269 e. The molecule has 6 nitrogen and oxygen atoms in total. The van der Waals surface area contributed by atoms with Crippen LogP contribution in [0.4, 0.5) is 5.69 Å². The van der Waals surface area contributed by atoms with E-state index in [1.165, 1.54) is 0 Å². The zero-order valence-electron chi connectivity index (χ0n) is 13.1. The number of nitrogens with zero attached hydrogens (tertiary/aromatic N) is 3. The van der Waals surface area contributed by atoms with Crippen LogP contribution in [0.15, 0.2) is 18.3 Å². The number of hydrogen-bond acceptors (Lipinski definition) is 5. The van der Waals surface area contributed by atoms with Crippen molar-refractivity contribution in [1.29, 1.82) is 0 Å². The molecule has 0 radical (unpaired) electrons. The van der Waals surface area contributed by atoms with Crippen LogP contribution < -0.4 is 10.6 Å². The smallest absolute Gasteiger partial charge is 0.269 e. The number of hydrogen-bond donors (Lipinski definition) is 2. The van der Waals surface area contributed by atoms with Crippen molar-refractivity contribution >= 4 is 11.6 Å². The summed E-state index contributed by atoms with van der Waals surface area (Å²) in [6.45, 7) is 6.61. The van der Waals surface area contributed by atoms with Crippen molar-refractivity contribution in [3.63, 3.8) is 0 Å². The number of aromatic nitrogens is 1. The SMILES string of the molecule is CCNc1ccc(C(=O)NCC2CN(C)CCN2C)nc1. The molecule has 21 heavy (non-hydrogen) atoms. The molecule has 0 aromatic carbocycles. The zero-order valence-corrected chi connectivity index (χ0v) is 13.1. The minimum Gasteiger partial charge on any atom is -0.384 e. The number of nitrogens with one attached hydrogen (secondary N) is 2. The number of carbonyl (C=O) groups is 1. The average Bonchev–Trinajstić information content (AvgIpc) is 2.49. The third-order valence-electron chi connectivity index (χ3n) is 3.86. The molecule has 1 aromatic heterocycles. The summed E-state index contributed by atoms with van der Waals surface area (Å²) < 4.78 is 0. The first-order chi connectivity index (χ1) is 10.1. The van der Waals surface area contributed by atoms with Gasteiger partial charge in [0.2, 0.25) is 0 Å². The van der Waals surface area contributed by atoms with E-state index >= 15 is 0 Å². The van der Waals surface area contributed by atoms with Crippen LogP contribution in [0.1, 0.15) is 17.4 Å². The van der Waals surface area contributed by atoms with E-state index in [0.717, 1.165) is 31.9 Å². The highest BCUT2D eigenvalue weighted by atomic mass is 16.1. The largest absolute Gasteiger partial charge is 0.384 e. The lowest BCUT2D eigenvalue weighted by molar-refractivity contribution is 0.0877. The number of pyridine rings is 1. The molecule has 0 saturated carbocycles. The Morgan fingerprint density at radius 3 is 2.86 bits per heavy atom. The van der Waals surface area contributed by atoms with Gasteiger partial charge in [-0.2, -0.15) is 0 Å². The fourth-order valence-electron chi connectivity index (χ4n) is 2.46. The average molecular weight is 291 g/mol. The molecule has 1 aromatic rings. The lowest BCUT2D eigenvalue weighted by atomic mass is 10.2. The molecule has 1 fully saturated rings. The summed E-state index contributed by atoms with van der Waals surface area (Å²) in [6, 6.07) is 3.99. The van der Waals surface area contributed by atoms with E-state index < -0.39 is 0 Å². The molecule has 1 saturated heterocycles. The summed E-state index contributed by atoms with van der Waals surface area (Å²) in [6.07, 6.45) is 1.69. The third kappa shape index (κ3) is 4.41. The van der Waals surface area contributed by atoms with E-state index in [4.69, 9.17) is 0 Å². The van der Waals surface area contributed by atoms with Crippen LogP contribution in [0, 0.1) is 0 Å². The van der Waals surface area contributed by atoms with Crippen molar-refractivity contribution < 1.29 is 4.79 Å². The summed E-state index contributed by atoms with van der Waals surface area (Å²) in [4.78, 5) is 20.9. The number of amides is 1. The fourth-order valence-corrected chi connectivity index (χ4v) is 2.46. The van der Waals surface area contributed by atoms with E-state index in [-0.39, 0.29) is 5.91 Å². The molecule has 1 atom stereocenters. The Labute approximate surface area is 126 Å². The topological polar surface area (TPSA) is 60.5 Å². The minimum absolute atomic E-state index is 0.111. The van der Waals surface area contributed by atoms with Gasteiger partial charge < -0.3 is 15.5 Å². The predicted octanol–water partition coefficient (Wildman–Crippen LogP) is 0.489. The number of anilines is 1. The van der Waals surface area contributed by atoms with Crippen molar-refractivity contribution in [2.75, 3.05) is 52.1 Å². The number of piperazine rings is 1. The van der Waals surface area contributed by atoms with Crippen LogP contribution in [-0.2, 0) is 0 Å². The lowest BCUT2D eigenvalue weighted by Crippen LogP contribution is -2.54. The van der Waals surface area contributed by atoms with Crippen molar-refractivity contribution in [3.05, 3.63) is 24.0 Å². The molecule has 0 aliphatic carbocycles. The van der Waals surface area contributed by atoms with E-state index in [9.17, 15) is 4.79 Å². The number of likely N-dealkylation sites (N-methyl/N-ethyl adjacent to an activating group) is 2. The van der Waals surface area contributed by atoms with E-state index in [1.807, 2.05) is 13.0 Å². The first-order valence-electron chi connectivity index (χ1n) is 7.47. The molecule has 2 N–H and O–H groups in total. The second kappa shape index (κ2) is 7.38. The number of carbonyl (C=O) groups excluding carboxylic acids is 1. The Hall–Kier alpha value is -1.66. The molecular weight excluding hydrogens is 266 g/mol. The van der Waals surface area contributed by atoms with Crippen LogP contribution >= 0.6 is 0 Å². The van der Waals surface area contributed by atoms with E-state index in [1.54, 1.807) is 12.3 Å². The van der Waals surface area contributed by atoms with Gasteiger partial charge >= 0.3 is 0 Å². The molecule has 1 amide bonds. The van der Waals surface area contributed by atoms with Gasteiger partial charge in [0.05, 0.1) is 11.9 Å². The first kappa shape index (κ1) is 15.7. The molecule has 2 heterocycles. The summed E-state index contributed by atoms with van der Waals surface area (Å²) >= 11 is 0. The highest BCUT2D eigenvalue weighted by molar-refractivity contribution is 5.92. The zero-order chi connectivity index (χ0) is 15.2. The van der Waals surface area contributed by atoms with Gasteiger partial charge in [0, 0.05) is 38.8 Å². The molecule has 6 heteroatoms. The number of rotatable bonds is 5. The Kier molecular flexibility index (Phi) is 5.52. The molecule has 0 bridgehead atoms. The third-order valence-corrected chi connectivity index (χ3v) is 3.86. The van der Waals surface area contributed by atoms with Gasteiger partial charge in [-0.05, 0) is 33.2 Å². The maximum absolute atomic E-state index is 12.1. The standard InChI is InChI=1S/C15H25N5O/c1-4-16-12-5-6-14(17-9-12)15(21)18-10-13-11-19(2)7-8-20(13)3/h5-6,9,13,16H,4,7-8,10-11H2,1-3H3,(H,18,21). The Balaban J connectivity index is 1.86. The highest BCUT2D eigenvalue weighted by Gasteiger charge is 2.22. The van der Waals surface area contributed by atoms with Crippen LogP contribution in [0.25, 0.3) is 0 Å². The normalized spacial score (nSPS) is 20.2. The van der Waals surface area contributed by atoms with Crippen molar-refractivity contribution in [2.45, 2.75) is 13.0 Å². The van der Waals surface area contributed by atoms with Crippen molar-refractivity contribution in [3.8, 4) is 0 Å². The Morgan fingerprint density at radius 2 is 2.19 bits per heavy atom. The molecule has 2 rings (SSSR count). The van der Waals surface area contributed by atoms with Gasteiger partial charge in [0.25, 0.3) is 5.91 Å². The summed E-state index contributed by atoms with van der Waals surface area (Å²) in [5.74, 6) is -0.111. The van der Waals surface area contributed by atoms with Gasteiger partial charge in [-0.25, -0.2) is 4.98 Å². The van der Waals surface area contributed by atoms with Crippen molar-refractivity contribution in [2.24, 2.45) is 0 Å². The quantitative estimate of drug-likeness (QED) is 0.827. The first-order valence-corrected chi connectivity index (χ1v) is 7.47. The summed E-state index contributed by atoms with van der Waals surface area (Å²) in [5, 5.41) is 6.14. The lowest BCUT2D eigenvalue weighted by Gasteiger charge is -2.37. The highest BCUT2D eigenvalue weighted by Crippen LogP contribution is 2.07. The van der Waals surface area contributed by atoms with Gasteiger partial charge in [-0.3, -0.25) is 9.69 Å². The molecule has 0 spiro atoms. The summed E-state index contributed by atoms with van der Waals surface area (Å²) in [7, 11) is 4.22. The monoisotopic (exact) mass is 291 g/mol. The molecule has 1 unspecified atom stereocenters. The fraction of sp³-hybridized carbons (Fsp3) is 0.600. The van der Waals surface area contributed by atoms with Crippen LogP contribution in [0.3, 0.4) is 0 Å². The second-order valence-electron chi connectivity index (χ2n) is 5.57. The molecule has 1 aliphatic rings. The van der Waals surface area contributed by atoms with Gasteiger partial charge in [-0.1, -0.05) is 0 Å².